The van der Waals surface area contributed by atoms with Gasteiger partial charge in [-0.3, -0.25) is 18.8 Å². The van der Waals surface area contributed by atoms with E-state index in [1.807, 2.05) is 38.3 Å². The fraction of sp³-hybridized carbons (Fsp3) is 0.643. The zero-order valence-electron chi connectivity index (χ0n) is 32.9. The second kappa shape index (κ2) is 18.4. The van der Waals surface area contributed by atoms with Crippen LogP contribution >= 0.6 is 11.6 Å². The van der Waals surface area contributed by atoms with Crippen LogP contribution in [0.25, 0.3) is 0 Å². The van der Waals surface area contributed by atoms with Crippen molar-refractivity contribution in [1.82, 2.24) is 9.80 Å². The first-order valence-electron chi connectivity index (χ1n) is 19.6. The van der Waals surface area contributed by atoms with Crippen LogP contribution in [0.15, 0.2) is 48.6 Å². The third kappa shape index (κ3) is 10.0. The molecule has 2 fully saturated rings. The standard InChI is InChI=1S/C42H63ClN4O5S/c1-28(2)47-30(4)23-45(24-31(47)5)27-42(51-7,19-10-11-29(3)32(6)53(49)50)38-17-14-35(38)25-46-20-9-8-12-33-21-37(43)16-13-36(33)26-52-40-18-15-34(41(44)48)22-39(40)46/h10,13,15-16,18-19,21-22,28-32,35,38H,8-9,11-12,14,17,20,23-27H2,1-7H3,(H2,44,48)(H,49,50)/p-1/b19-10+/t29-,30-,31+,32-,35+,38-,42+/m1/s1. The Hall–Kier alpha value is -2.47. The molecule has 8 atom stereocenters. The Morgan fingerprint density at radius 3 is 2.45 bits per heavy atom. The molecule has 1 saturated heterocycles. The summed E-state index contributed by atoms with van der Waals surface area (Å²) in [6, 6.07) is 12.9. The van der Waals surface area contributed by atoms with Gasteiger partial charge in [0.15, 0.2) is 0 Å². The highest BCUT2D eigenvalue weighted by Crippen LogP contribution is 2.47. The fourth-order valence-electron chi connectivity index (χ4n) is 9.19. The number of halogens is 1. The number of hydrogen-bond donors (Lipinski definition) is 1. The number of allylic oxidation sites excluding steroid dienone is 1. The van der Waals surface area contributed by atoms with Gasteiger partial charge in [0.1, 0.15) is 18.0 Å². The van der Waals surface area contributed by atoms with E-state index in [9.17, 15) is 13.6 Å². The number of nitrogens with two attached hydrogens (primary N) is 1. The van der Waals surface area contributed by atoms with Crippen LogP contribution in [0.4, 0.5) is 5.69 Å². The third-order valence-corrected chi connectivity index (χ3v) is 13.6. The number of primary amides is 1. The number of methoxy groups -OCH3 is 1. The van der Waals surface area contributed by atoms with E-state index < -0.39 is 27.8 Å². The van der Waals surface area contributed by atoms with Crippen molar-refractivity contribution in [2.75, 3.05) is 44.7 Å². The van der Waals surface area contributed by atoms with Gasteiger partial charge in [0.25, 0.3) is 0 Å². The van der Waals surface area contributed by atoms with Gasteiger partial charge in [-0.05, 0) is 125 Å². The summed E-state index contributed by atoms with van der Waals surface area (Å²) in [7, 11) is 1.84. The number of ether oxygens (including phenoxy) is 2. The zero-order chi connectivity index (χ0) is 38.4. The number of rotatable bonds is 13. The van der Waals surface area contributed by atoms with Gasteiger partial charge in [0.05, 0.1) is 5.69 Å². The number of piperazine rings is 1. The molecule has 2 aromatic rings. The van der Waals surface area contributed by atoms with Gasteiger partial charge in [-0.2, -0.15) is 0 Å². The van der Waals surface area contributed by atoms with Crippen LogP contribution in [0.5, 0.6) is 5.75 Å². The van der Waals surface area contributed by atoms with Gasteiger partial charge in [-0.15, -0.1) is 0 Å². The van der Waals surface area contributed by atoms with E-state index in [4.69, 9.17) is 26.8 Å². The minimum absolute atomic E-state index is 0.0118. The number of anilines is 1. The molecule has 1 amide bonds. The molecule has 1 aliphatic carbocycles. The highest BCUT2D eigenvalue weighted by Gasteiger charge is 2.49. The maximum absolute atomic E-state index is 12.4. The van der Waals surface area contributed by atoms with Crippen molar-refractivity contribution in [3.8, 4) is 5.75 Å². The van der Waals surface area contributed by atoms with Crippen molar-refractivity contribution in [3.05, 3.63) is 70.3 Å². The molecule has 0 aromatic heterocycles. The molecule has 3 aliphatic rings. The molecule has 2 N–H and O–H groups in total. The molecule has 1 saturated carbocycles. The average Bonchev–Trinajstić information content (AvgIpc) is 3.12. The smallest absolute Gasteiger partial charge is 0.248 e. The van der Waals surface area contributed by atoms with Crippen LogP contribution in [0.1, 0.15) is 95.1 Å². The van der Waals surface area contributed by atoms with Gasteiger partial charge in [-0.1, -0.05) is 54.7 Å². The van der Waals surface area contributed by atoms with Crippen molar-refractivity contribution in [2.45, 2.75) is 116 Å². The van der Waals surface area contributed by atoms with Crippen molar-refractivity contribution >= 4 is 34.3 Å². The Morgan fingerprint density at radius 2 is 1.83 bits per heavy atom. The van der Waals surface area contributed by atoms with E-state index >= 15 is 0 Å². The summed E-state index contributed by atoms with van der Waals surface area (Å²) in [6.45, 7) is 17.7. The number of carbonyl (C=O) groups excluding carboxylic acids is 1. The van der Waals surface area contributed by atoms with Gasteiger partial charge in [-0.25, -0.2) is 0 Å². The Labute approximate surface area is 325 Å². The van der Waals surface area contributed by atoms with Crippen molar-refractivity contribution < 1.29 is 23.0 Å². The summed E-state index contributed by atoms with van der Waals surface area (Å²) in [4.78, 5) is 20.0. The van der Waals surface area contributed by atoms with Crippen LogP contribution in [0.3, 0.4) is 0 Å². The number of carbonyl (C=O) groups is 1. The van der Waals surface area contributed by atoms with E-state index in [0.717, 1.165) is 86.9 Å². The first-order valence-corrected chi connectivity index (χ1v) is 21.1. The summed E-state index contributed by atoms with van der Waals surface area (Å²) in [6.07, 6.45) is 10.1. The third-order valence-electron chi connectivity index (χ3n) is 12.3. The molecule has 9 nitrogen and oxygen atoms in total. The number of aryl methyl sites for hydroxylation is 1. The van der Waals surface area contributed by atoms with E-state index in [2.05, 4.69) is 60.6 Å². The number of nitrogens with zero attached hydrogens (tertiary/aromatic N) is 3. The highest BCUT2D eigenvalue weighted by molar-refractivity contribution is 7.79. The average molecular weight is 771 g/mol. The predicted octanol–water partition coefficient (Wildman–Crippen LogP) is 7.23. The van der Waals surface area contributed by atoms with Crippen LogP contribution in [0, 0.1) is 17.8 Å². The minimum Gasteiger partial charge on any atom is -0.772 e. The van der Waals surface area contributed by atoms with E-state index in [-0.39, 0.29) is 11.8 Å². The predicted molar refractivity (Wildman–Crippen MR) is 215 cm³/mol. The molecule has 1 unspecified atom stereocenters. The van der Waals surface area contributed by atoms with Gasteiger partial charge in [0.2, 0.25) is 5.91 Å². The van der Waals surface area contributed by atoms with Crippen LogP contribution in [-0.2, 0) is 28.8 Å². The molecule has 294 valence electrons. The first-order chi connectivity index (χ1) is 25.2. The molecule has 5 rings (SSSR count). The highest BCUT2D eigenvalue weighted by atomic mass is 35.5. The maximum atomic E-state index is 12.4. The Bertz CT molecular complexity index is 1600. The van der Waals surface area contributed by atoms with Crippen LogP contribution in [0.2, 0.25) is 5.02 Å². The molecule has 11 heteroatoms. The minimum atomic E-state index is -2.12. The number of benzene rings is 2. The summed E-state index contributed by atoms with van der Waals surface area (Å²) >= 11 is 4.28. The second-order valence-electron chi connectivity index (χ2n) is 16.3. The van der Waals surface area contributed by atoms with E-state index in [1.165, 1.54) is 5.56 Å². The van der Waals surface area contributed by atoms with Crippen molar-refractivity contribution in [2.24, 2.45) is 23.5 Å². The summed E-state index contributed by atoms with van der Waals surface area (Å²) in [5.41, 5.74) is 8.95. The molecule has 0 radical (unpaired) electrons. The van der Waals surface area contributed by atoms with Crippen molar-refractivity contribution in [3.63, 3.8) is 0 Å². The monoisotopic (exact) mass is 769 g/mol. The Kier molecular flexibility index (Phi) is 14.5. The van der Waals surface area contributed by atoms with Crippen LogP contribution < -0.4 is 15.4 Å². The maximum Gasteiger partial charge on any atom is 0.248 e. The Balaban J connectivity index is 1.45. The molecule has 2 heterocycles. The molecule has 0 bridgehead atoms. The normalized spacial score (nSPS) is 26.0. The molecule has 2 aliphatic heterocycles. The van der Waals surface area contributed by atoms with Gasteiger partial charge >= 0.3 is 0 Å². The molecule has 0 spiro atoms. The number of amides is 1. The number of hydrogen-bond acceptors (Lipinski definition) is 8. The molecular weight excluding hydrogens is 708 g/mol. The largest absolute Gasteiger partial charge is 0.772 e. The quantitative estimate of drug-likeness (QED) is 0.168. The van der Waals surface area contributed by atoms with E-state index in [0.29, 0.717) is 42.6 Å². The Morgan fingerprint density at radius 1 is 1.09 bits per heavy atom. The topological polar surface area (TPSA) is 111 Å². The summed E-state index contributed by atoms with van der Waals surface area (Å²) in [5.74, 6) is 0.825. The van der Waals surface area contributed by atoms with Crippen LogP contribution in [-0.4, -0.2) is 93.3 Å². The lowest BCUT2D eigenvalue weighted by atomic mass is 9.63. The first kappa shape index (κ1) is 41.7. The zero-order valence-corrected chi connectivity index (χ0v) is 34.5. The second-order valence-corrected chi connectivity index (χ2v) is 18.0. The fourth-order valence-corrected chi connectivity index (χ4v) is 9.87. The van der Waals surface area contributed by atoms with Crippen molar-refractivity contribution in [1.29, 1.82) is 0 Å². The SMILES string of the molecule is CO[C@@](/C=C/C[C@@H](C)[C@@H](C)S(=O)[O-])(CN1C[C@@H](C)N(C(C)C)[C@@H](C)C1)[C@@H]1CC[C@H]1CN1CCCCc2cc(Cl)ccc2COc2ccc(C(N)=O)cc21. The lowest BCUT2D eigenvalue weighted by Crippen LogP contribution is -2.63. The molecule has 2 aromatic carbocycles. The number of fused-ring (bicyclic) bond motifs is 2. The lowest BCUT2D eigenvalue weighted by molar-refractivity contribution is -0.104. The molecule has 53 heavy (non-hydrogen) atoms. The van der Waals surface area contributed by atoms with E-state index in [1.54, 1.807) is 13.0 Å². The van der Waals surface area contributed by atoms with Gasteiger partial charge in [0, 0.05) is 73.8 Å². The summed E-state index contributed by atoms with van der Waals surface area (Å²) < 4.78 is 36.8. The van der Waals surface area contributed by atoms with Gasteiger partial charge < -0.3 is 24.7 Å². The molecular formula is C42H62ClN4O5S-. The lowest BCUT2D eigenvalue weighted by Gasteiger charge is -2.53. The summed E-state index contributed by atoms with van der Waals surface area (Å²) in [5, 5.41) is 0.300.